The summed E-state index contributed by atoms with van der Waals surface area (Å²) in [6.45, 7) is 3.94. The molecule has 3 nitrogen and oxygen atoms in total. The second kappa shape index (κ2) is 2.93. The SMILES string of the molecule is Cc1ccc(-c2nc3c([nH]2)CNC3)s1. The number of fused-ring (bicyclic) bond motifs is 1. The molecule has 0 aliphatic carbocycles. The van der Waals surface area contributed by atoms with E-state index in [1.165, 1.54) is 21.1 Å². The Kier molecular flexibility index (Phi) is 1.72. The van der Waals surface area contributed by atoms with Gasteiger partial charge in [0, 0.05) is 18.0 Å². The average molecular weight is 205 g/mol. The van der Waals surface area contributed by atoms with Crippen molar-refractivity contribution in [3.05, 3.63) is 28.4 Å². The molecule has 0 spiro atoms. The lowest BCUT2D eigenvalue weighted by molar-refractivity contribution is 0.745. The highest BCUT2D eigenvalue weighted by molar-refractivity contribution is 7.15. The smallest absolute Gasteiger partial charge is 0.148 e. The van der Waals surface area contributed by atoms with Crippen molar-refractivity contribution in [2.75, 3.05) is 0 Å². The van der Waals surface area contributed by atoms with Gasteiger partial charge in [-0.2, -0.15) is 0 Å². The van der Waals surface area contributed by atoms with E-state index < -0.39 is 0 Å². The van der Waals surface area contributed by atoms with Crippen LogP contribution in [0.25, 0.3) is 10.7 Å². The third-order valence-corrected chi connectivity index (χ3v) is 3.44. The third kappa shape index (κ3) is 1.19. The zero-order valence-corrected chi connectivity index (χ0v) is 8.74. The Labute approximate surface area is 86.2 Å². The number of rotatable bonds is 1. The Morgan fingerprint density at radius 3 is 3.00 bits per heavy atom. The van der Waals surface area contributed by atoms with Gasteiger partial charge in [0.1, 0.15) is 5.82 Å². The summed E-state index contributed by atoms with van der Waals surface area (Å²) in [5.41, 5.74) is 2.41. The highest BCUT2D eigenvalue weighted by atomic mass is 32.1. The topological polar surface area (TPSA) is 40.7 Å². The van der Waals surface area contributed by atoms with E-state index in [-0.39, 0.29) is 0 Å². The zero-order chi connectivity index (χ0) is 9.54. The maximum absolute atomic E-state index is 4.57. The minimum Gasteiger partial charge on any atom is -0.340 e. The van der Waals surface area contributed by atoms with E-state index >= 15 is 0 Å². The van der Waals surface area contributed by atoms with E-state index in [1.54, 1.807) is 11.3 Å². The van der Waals surface area contributed by atoms with Crippen LogP contribution in [0.3, 0.4) is 0 Å². The van der Waals surface area contributed by atoms with E-state index in [0.29, 0.717) is 0 Å². The highest BCUT2D eigenvalue weighted by Crippen LogP contribution is 2.27. The molecule has 0 unspecified atom stereocenters. The average Bonchev–Trinajstić information content (AvgIpc) is 2.75. The number of hydrogen-bond acceptors (Lipinski definition) is 3. The van der Waals surface area contributed by atoms with Crippen LogP contribution in [0.1, 0.15) is 16.3 Å². The molecule has 0 saturated carbocycles. The van der Waals surface area contributed by atoms with E-state index in [9.17, 15) is 0 Å². The number of imidazole rings is 1. The molecular formula is C10H11N3S. The van der Waals surface area contributed by atoms with Gasteiger partial charge >= 0.3 is 0 Å². The molecule has 1 aliphatic rings. The number of aromatic nitrogens is 2. The van der Waals surface area contributed by atoms with Crippen LogP contribution in [0.4, 0.5) is 0 Å². The largest absolute Gasteiger partial charge is 0.340 e. The molecule has 0 aromatic carbocycles. The van der Waals surface area contributed by atoms with Crippen LogP contribution in [-0.4, -0.2) is 9.97 Å². The number of nitrogens with one attached hydrogen (secondary N) is 2. The molecule has 3 heterocycles. The first kappa shape index (κ1) is 8.20. The maximum Gasteiger partial charge on any atom is 0.148 e. The van der Waals surface area contributed by atoms with Crippen LogP contribution in [0.5, 0.6) is 0 Å². The van der Waals surface area contributed by atoms with Crippen molar-refractivity contribution < 1.29 is 0 Å². The Hall–Kier alpha value is -1.13. The van der Waals surface area contributed by atoms with E-state index in [4.69, 9.17) is 0 Å². The van der Waals surface area contributed by atoms with E-state index in [2.05, 4.69) is 34.3 Å². The van der Waals surface area contributed by atoms with Gasteiger partial charge in [0.25, 0.3) is 0 Å². The molecule has 1 aliphatic heterocycles. The molecule has 0 amide bonds. The fourth-order valence-electron chi connectivity index (χ4n) is 1.72. The van der Waals surface area contributed by atoms with Crippen LogP contribution in [0.15, 0.2) is 12.1 Å². The van der Waals surface area contributed by atoms with Gasteiger partial charge in [-0.25, -0.2) is 4.98 Å². The predicted octanol–water partition coefficient (Wildman–Crippen LogP) is 2.05. The summed E-state index contributed by atoms with van der Waals surface area (Å²) in [4.78, 5) is 10.5. The molecule has 0 fully saturated rings. The van der Waals surface area contributed by atoms with Crippen molar-refractivity contribution in [3.8, 4) is 10.7 Å². The molecule has 0 saturated heterocycles. The molecule has 14 heavy (non-hydrogen) atoms. The Morgan fingerprint density at radius 1 is 1.36 bits per heavy atom. The van der Waals surface area contributed by atoms with Gasteiger partial charge in [0.2, 0.25) is 0 Å². The molecule has 2 aromatic rings. The number of aryl methyl sites for hydroxylation is 1. The summed E-state index contributed by atoms with van der Waals surface area (Å²) in [5.74, 6) is 1.02. The number of hydrogen-bond donors (Lipinski definition) is 2. The predicted molar refractivity (Wildman–Crippen MR) is 57.2 cm³/mol. The van der Waals surface area contributed by atoms with Crippen LogP contribution in [-0.2, 0) is 13.1 Å². The molecule has 4 heteroatoms. The molecule has 3 rings (SSSR count). The quantitative estimate of drug-likeness (QED) is 0.748. The summed E-state index contributed by atoms with van der Waals surface area (Å²) in [6, 6.07) is 4.26. The van der Waals surface area contributed by atoms with Gasteiger partial charge in [0.15, 0.2) is 0 Å². The molecule has 0 bridgehead atoms. The fraction of sp³-hybridized carbons (Fsp3) is 0.300. The molecule has 0 atom stereocenters. The van der Waals surface area contributed by atoms with Gasteiger partial charge in [-0.15, -0.1) is 11.3 Å². The van der Waals surface area contributed by atoms with Crippen molar-refractivity contribution in [2.24, 2.45) is 0 Å². The van der Waals surface area contributed by atoms with Gasteiger partial charge in [-0.1, -0.05) is 0 Å². The summed E-state index contributed by atoms with van der Waals surface area (Å²) >= 11 is 1.78. The monoisotopic (exact) mass is 205 g/mol. The molecule has 2 N–H and O–H groups in total. The lowest BCUT2D eigenvalue weighted by Crippen LogP contribution is -2.02. The van der Waals surface area contributed by atoms with Crippen LogP contribution in [0.2, 0.25) is 0 Å². The Morgan fingerprint density at radius 2 is 2.29 bits per heavy atom. The first-order chi connectivity index (χ1) is 6.83. The molecule has 72 valence electrons. The second-order valence-electron chi connectivity index (χ2n) is 3.52. The molecular weight excluding hydrogens is 194 g/mol. The Bertz CT molecular complexity index is 448. The second-order valence-corrected chi connectivity index (χ2v) is 4.81. The van der Waals surface area contributed by atoms with Gasteiger partial charge in [-0.05, 0) is 19.1 Å². The van der Waals surface area contributed by atoms with Crippen molar-refractivity contribution in [1.82, 2.24) is 15.3 Å². The van der Waals surface area contributed by atoms with Crippen LogP contribution < -0.4 is 5.32 Å². The lowest BCUT2D eigenvalue weighted by atomic mass is 10.4. The van der Waals surface area contributed by atoms with Gasteiger partial charge in [0.05, 0.1) is 16.3 Å². The summed E-state index contributed by atoms with van der Waals surface area (Å²) in [6.07, 6.45) is 0. The normalized spacial score (nSPS) is 14.6. The van der Waals surface area contributed by atoms with Crippen LogP contribution >= 0.6 is 11.3 Å². The third-order valence-electron chi connectivity index (χ3n) is 2.43. The van der Waals surface area contributed by atoms with Crippen molar-refractivity contribution in [1.29, 1.82) is 0 Å². The number of H-pyrrole nitrogens is 1. The first-order valence-corrected chi connectivity index (χ1v) is 5.50. The number of thiophene rings is 1. The number of aromatic amines is 1. The highest BCUT2D eigenvalue weighted by Gasteiger charge is 2.16. The summed E-state index contributed by atoms with van der Waals surface area (Å²) in [5, 5.41) is 3.26. The van der Waals surface area contributed by atoms with Crippen LogP contribution in [0, 0.1) is 6.92 Å². The van der Waals surface area contributed by atoms with Crippen molar-refractivity contribution in [2.45, 2.75) is 20.0 Å². The Balaban J connectivity index is 2.05. The lowest BCUT2D eigenvalue weighted by Gasteiger charge is -1.91. The summed E-state index contributed by atoms with van der Waals surface area (Å²) < 4.78 is 0. The molecule has 0 radical (unpaired) electrons. The molecule has 2 aromatic heterocycles. The minimum atomic E-state index is 0.899. The van der Waals surface area contributed by atoms with Gasteiger partial charge in [-0.3, -0.25) is 0 Å². The standard InChI is InChI=1S/C10H11N3S/c1-6-2-3-9(14-6)10-12-7-4-11-5-8(7)13-10/h2-3,11H,4-5H2,1H3,(H,12,13). The maximum atomic E-state index is 4.57. The zero-order valence-electron chi connectivity index (χ0n) is 7.92. The van der Waals surface area contributed by atoms with E-state index in [0.717, 1.165) is 18.9 Å². The van der Waals surface area contributed by atoms with E-state index in [1.807, 2.05) is 0 Å². The number of nitrogens with zero attached hydrogens (tertiary/aromatic N) is 1. The van der Waals surface area contributed by atoms with Gasteiger partial charge < -0.3 is 10.3 Å². The fourth-order valence-corrected chi connectivity index (χ4v) is 2.53. The van der Waals surface area contributed by atoms with Crippen molar-refractivity contribution >= 4 is 11.3 Å². The summed E-state index contributed by atoms with van der Waals surface area (Å²) in [7, 11) is 0. The first-order valence-electron chi connectivity index (χ1n) is 4.68. The van der Waals surface area contributed by atoms with Crippen molar-refractivity contribution in [3.63, 3.8) is 0 Å². The minimum absolute atomic E-state index is 0.899.